The van der Waals surface area contributed by atoms with E-state index in [9.17, 15) is 14.7 Å². The van der Waals surface area contributed by atoms with Gasteiger partial charge in [0.15, 0.2) is 0 Å². The molecular formula is C18H27NO5. The number of alkyl carbamates (subject to hydrolysis) is 1. The number of nitrogens with one attached hydrogen (secondary N) is 1. The molecule has 2 N–H and O–H groups in total. The van der Waals surface area contributed by atoms with Crippen LogP contribution in [-0.4, -0.2) is 34.4 Å². The molecule has 0 aliphatic heterocycles. The molecule has 0 aromatic heterocycles. The first kappa shape index (κ1) is 19.8. The van der Waals surface area contributed by atoms with Crippen LogP contribution in [0.5, 0.6) is 5.75 Å². The number of ether oxygens (including phenoxy) is 2. The Balaban J connectivity index is 2.88. The molecule has 0 bridgehead atoms. The van der Waals surface area contributed by atoms with E-state index in [0.29, 0.717) is 0 Å². The molecule has 0 fully saturated rings. The summed E-state index contributed by atoms with van der Waals surface area (Å²) in [5.41, 5.74) is -0.555. The monoisotopic (exact) mass is 337 g/mol. The molecule has 6 nitrogen and oxygen atoms in total. The molecule has 1 aromatic carbocycles. The first-order chi connectivity index (χ1) is 10.9. The lowest BCUT2D eigenvalue weighted by Gasteiger charge is -2.26. The van der Waals surface area contributed by atoms with Crippen LogP contribution in [-0.2, 0) is 20.7 Å². The minimum Gasteiger partial charge on any atom is -0.508 e. The lowest BCUT2D eigenvalue weighted by molar-refractivity contribution is -0.157. The third-order valence-corrected chi connectivity index (χ3v) is 2.76. The summed E-state index contributed by atoms with van der Waals surface area (Å²) in [4.78, 5) is 24.4. The second-order valence-electron chi connectivity index (χ2n) is 7.60. The average molecular weight is 337 g/mol. The average Bonchev–Trinajstić information content (AvgIpc) is 2.36. The molecule has 0 aliphatic rings. The molecule has 0 unspecified atom stereocenters. The molecule has 134 valence electrons. The van der Waals surface area contributed by atoms with Gasteiger partial charge in [-0.3, -0.25) is 0 Å². The summed E-state index contributed by atoms with van der Waals surface area (Å²) < 4.78 is 10.6. The molecule has 0 spiro atoms. The Bertz CT molecular complexity index is 567. The highest BCUT2D eigenvalue weighted by Crippen LogP contribution is 2.15. The molecule has 0 aliphatic carbocycles. The Hall–Kier alpha value is -2.24. The smallest absolute Gasteiger partial charge is 0.408 e. The zero-order valence-corrected chi connectivity index (χ0v) is 15.2. The van der Waals surface area contributed by atoms with Crippen molar-refractivity contribution in [3.8, 4) is 5.75 Å². The van der Waals surface area contributed by atoms with Crippen molar-refractivity contribution in [3.63, 3.8) is 0 Å². The van der Waals surface area contributed by atoms with Crippen LogP contribution in [0.1, 0.15) is 47.1 Å². The normalized spacial score (nSPS) is 13.1. The van der Waals surface area contributed by atoms with Crippen LogP contribution in [0.25, 0.3) is 0 Å². The molecule has 0 radical (unpaired) electrons. The van der Waals surface area contributed by atoms with E-state index < -0.39 is 29.3 Å². The summed E-state index contributed by atoms with van der Waals surface area (Å²) in [6.45, 7) is 10.5. The van der Waals surface area contributed by atoms with Crippen molar-refractivity contribution in [1.82, 2.24) is 5.32 Å². The van der Waals surface area contributed by atoms with E-state index >= 15 is 0 Å². The van der Waals surface area contributed by atoms with E-state index in [-0.39, 0.29) is 12.2 Å². The highest BCUT2D eigenvalue weighted by atomic mass is 16.6. The first-order valence-corrected chi connectivity index (χ1v) is 7.86. The van der Waals surface area contributed by atoms with Crippen LogP contribution >= 0.6 is 0 Å². The third kappa shape index (κ3) is 7.85. The van der Waals surface area contributed by atoms with E-state index in [1.165, 1.54) is 12.1 Å². The van der Waals surface area contributed by atoms with Gasteiger partial charge in [0.25, 0.3) is 0 Å². The van der Waals surface area contributed by atoms with Crippen LogP contribution in [0, 0.1) is 0 Å². The third-order valence-electron chi connectivity index (χ3n) is 2.76. The molecule has 0 saturated heterocycles. The highest BCUT2D eigenvalue weighted by molar-refractivity contribution is 5.82. The van der Waals surface area contributed by atoms with E-state index in [2.05, 4.69) is 5.32 Å². The summed E-state index contributed by atoms with van der Waals surface area (Å²) in [6, 6.07) is 5.53. The van der Waals surface area contributed by atoms with Gasteiger partial charge in [0.1, 0.15) is 23.0 Å². The molecule has 1 atom stereocenters. The lowest BCUT2D eigenvalue weighted by Crippen LogP contribution is -2.47. The van der Waals surface area contributed by atoms with E-state index in [1.807, 2.05) is 0 Å². The number of rotatable bonds is 4. The Labute approximate surface area is 143 Å². The number of phenolic OH excluding ortho intramolecular Hbond substituents is 1. The van der Waals surface area contributed by atoms with Crippen LogP contribution in [0.15, 0.2) is 24.3 Å². The molecular weight excluding hydrogens is 310 g/mol. The summed E-state index contributed by atoms with van der Waals surface area (Å²) >= 11 is 0. The number of phenols is 1. The number of aromatic hydroxyl groups is 1. The van der Waals surface area contributed by atoms with Crippen molar-refractivity contribution < 1.29 is 24.2 Å². The standard InChI is InChI=1S/C18H27NO5/c1-17(2,3)23-15(21)14(19-16(22)24-18(4,5)6)11-12-7-9-13(20)10-8-12/h7-10,14,20H,11H2,1-6H3,(H,19,22)/t14-/m1/s1. The number of carbonyl (C=O) groups excluding carboxylic acids is 2. The van der Waals surface area contributed by atoms with E-state index in [0.717, 1.165) is 5.56 Å². The van der Waals surface area contributed by atoms with Crippen LogP contribution < -0.4 is 5.32 Å². The summed E-state index contributed by atoms with van der Waals surface area (Å²) in [5, 5.41) is 11.9. The molecule has 0 saturated carbocycles. The Morgan fingerprint density at radius 3 is 1.96 bits per heavy atom. The van der Waals surface area contributed by atoms with Crippen molar-refractivity contribution in [2.75, 3.05) is 0 Å². The second-order valence-corrected chi connectivity index (χ2v) is 7.60. The van der Waals surface area contributed by atoms with E-state index in [1.54, 1.807) is 53.7 Å². The summed E-state index contributed by atoms with van der Waals surface area (Å²) in [5.74, 6) is -0.408. The maximum Gasteiger partial charge on any atom is 0.408 e. The van der Waals surface area contributed by atoms with Gasteiger partial charge in [-0.05, 0) is 59.2 Å². The lowest BCUT2D eigenvalue weighted by atomic mass is 10.1. The Morgan fingerprint density at radius 1 is 1.00 bits per heavy atom. The van der Waals surface area contributed by atoms with E-state index in [4.69, 9.17) is 9.47 Å². The number of hydrogen-bond donors (Lipinski definition) is 2. The largest absolute Gasteiger partial charge is 0.508 e. The van der Waals surface area contributed by atoms with Gasteiger partial charge >= 0.3 is 12.1 Å². The van der Waals surface area contributed by atoms with Gasteiger partial charge in [0, 0.05) is 6.42 Å². The highest BCUT2D eigenvalue weighted by Gasteiger charge is 2.28. The quantitative estimate of drug-likeness (QED) is 0.824. The van der Waals surface area contributed by atoms with Gasteiger partial charge in [-0.1, -0.05) is 12.1 Å². The predicted octanol–water partition coefficient (Wildman–Crippen LogP) is 3.17. The number of amides is 1. The minimum atomic E-state index is -0.886. The van der Waals surface area contributed by atoms with Crippen LogP contribution in [0.3, 0.4) is 0 Å². The van der Waals surface area contributed by atoms with Gasteiger partial charge in [0.2, 0.25) is 0 Å². The van der Waals surface area contributed by atoms with Crippen molar-refractivity contribution in [1.29, 1.82) is 0 Å². The van der Waals surface area contributed by atoms with Gasteiger partial charge in [0.05, 0.1) is 0 Å². The van der Waals surface area contributed by atoms with Gasteiger partial charge in [-0.15, -0.1) is 0 Å². The maximum atomic E-state index is 12.4. The fourth-order valence-electron chi connectivity index (χ4n) is 1.88. The summed E-state index contributed by atoms with van der Waals surface area (Å²) in [7, 11) is 0. The molecule has 0 heterocycles. The summed E-state index contributed by atoms with van der Waals surface area (Å²) in [6.07, 6.45) is -0.453. The maximum absolute atomic E-state index is 12.4. The van der Waals surface area contributed by atoms with Crippen LogP contribution in [0.4, 0.5) is 4.79 Å². The molecule has 1 amide bonds. The Kier molecular flexibility index (Phi) is 6.23. The fraction of sp³-hybridized carbons (Fsp3) is 0.556. The van der Waals surface area contributed by atoms with Gasteiger partial charge in [-0.25, -0.2) is 9.59 Å². The minimum absolute atomic E-state index is 0.132. The SMILES string of the molecule is CC(C)(C)OC(=O)N[C@H](Cc1ccc(O)cc1)C(=O)OC(C)(C)C. The van der Waals surface area contributed by atoms with Gasteiger partial charge < -0.3 is 19.9 Å². The predicted molar refractivity (Wildman–Crippen MR) is 90.8 cm³/mol. The zero-order chi connectivity index (χ0) is 18.5. The fourth-order valence-corrected chi connectivity index (χ4v) is 1.88. The first-order valence-electron chi connectivity index (χ1n) is 7.86. The van der Waals surface area contributed by atoms with Crippen molar-refractivity contribution in [2.45, 2.75) is 65.2 Å². The van der Waals surface area contributed by atoms with Crippen LogP contribution in [0.2, 0.25) is 0 Å². The molecule has 6 heteroatoms. The Morgan fingerprint density at radius 2 is 1.50 bits per heavy atom. The van der Waals surface area contributed by atoms with Gasteiger partial charge in [-0.2, -0.15) is 0 Å². The molecule has 1 aromatic rings. The number of esters is 1. The van der Waals surface area contributed by atoms with Crippen molar-refractivity contribution in [2.24, 2.45) is 0 Å². The zero-order valence-electron chi connectivity index (χ0n) is 15.2. The molecule has 1 rings (SSSR count). The van der Waals surface area contributed by atoms with Crippen molar-refractivity contribution in [3.05, 3.63) is 29.8 Å². The second kappa shape index (κ2) is 7.55. The molecule has 24 heavy (non-hydrogen) atoms. The number of benzene rings is 1. The topological polar surface area (TPSA) is 84.9 Å². The number of carbonyl (C=O) groups is 2. The van der Waals surface area contributed by atoms with Crippen molar-refractivity contribution >= 4 is 12.1 Å². The number of hydrogen-bond acceptors (Lipinski definition) is 5.